The molecule has 130 valence electrons. The summed E-state index contributed by atoms with van der Waals surface area (Å²) in [7, 11) is 3.41. The zero-order chi connectivity index (χ0) is 15.4. The first-order valence-corrected chi connectivity index (χ1v) is 8.19. The average Bonchev–Trinajstić information content (AvgIpc) is 3.04. The lowest BCUT2D eigenvalue weighted by Crippen LogP contribution is -2.49. The first kappa shape index (κ1) is 18.3. The number of hydrogen-bond acceptors (Lipinski definition) is 5. The smallest absolute Gasteiger partial charge is 0.165 e. The number of piperazine rings is 1. The maximum absolute atomic E-state index is 5.55. The Balaban J connectivity index is 0.00000192. The van der Waals surface area contributed by atoms with E-state index in [0.29, 0.717) is 6.04 Å². The van der Waals surface area contributed by atoms with E-state index < -0.39 is 0 Å². The number of rotatable bonds is 5. The van der Waals surface area contributed by atoms with Crippen molar-refractivity contribution in [3.05, 3.63) is 23.8 Å². The van der Waals surface area contributed by atoms with E-state index in [0.717, 1.165) is 44.2 Å². The Morgan fingerprint density at radius 1 is 1.13 bits per heavy atom. The van der Waals surface area contributed by atoms with Crippen LogP contribution in [0.1, 0.15) is 12.0 Å². The fraction of sp³-hybridized carbons (Fsp3) is 0.647. The van der Waals surface area contributed by atoms with Crippen LogP contribution in [0.4, 0.5) is 0 Å². The van der Waals surface area contributed by atoms with E-state index in [1.54, 1.807) is 14.2 Å². The SMILES string of the molecule is COc1cccc(CN2CCC(N3CCNCC3)C2)c1OC.Cl. The summed E-state index contributed by atoms with van der Waals surface area (Å²) in [5.41, 5.74) is 1.21. The summed E-state index contributed by atoms with van der Waals surface area (Å²) in [5, 5.41) is 3.43. The molecule has 23 heavy (non-hydrogen) atoms. The fourth-order valence-corrected chi connectivity index (χ4v) is 3.62. The van der Waals surface area contributed by atoms with Gasteiger partial charge in [-0.05, 0) is 12.5 Å². The van der Waals surface area contributed by atoms with Crippen LogP contribution in [0.25, 0.3) is 0 Å². The minimum absolute atomic E-state index is 0. The van der Waals surface area contributed by atoms with E-state index in [4.69, 9.17) is 9.47 Å². The second kappa shape index (κ2) is 8.73. The summed E-state index contributed by atoms with van der Waals surface area (Å²) < 4.78 is 10.9. The third-order valence-corrected chi connectivity index (χ3v) is 4.79. The second-order valence-electron chi connectivity index (χ2n) is 6.12. The molecule has 1 aromatic rings. The number of nitrogens with zero attached hydrogens (tertiary/aromatic N) is 2. The maximum Gasteiger partial charge on any atom is 0.165 e. The predicted molar refractivity (Wildman–Crippen MR) is 94.9 cm³/mol. The highest BCUT2D eigenvalue weighted by atomic mass is 35.5. The van der Waals surface area contributed by atoms with Crippen LogP contribution in [-0.2, 0) is 6.54 Å². The Bertz CT molecular complexity index is 495. The number of halogens is 1. The van der Waals surface area contributed by atoms with E-state index in [2.05, 4.69) is 21.2 Å². The first-order valence-electron chi connectivity index (χ1n) is 8.19. The zero-order valence-corrected chi connectivity index (χ0v) is 14.9. The molecule has 2 saturated heterocycles. The monoisotopic (exact) mass is 341 g/mol. The highest BCUT2D eigenvalue weighted by molar-refractivity contribution is 5.85. The lowest BCUT2D eigenvalue weighted by atomic mass is 10.1. The van der Waals surface area contributed by atoms with E-state index in [1.165, 1.54) is 25.1 Å². The van der Waals surface area contributed by atoms with Crippen molar-refractivity contribution >= 4 is 12.4 Å². The molecule has 0 aliphatic carbocycles. The molecule has 6 heteroatoms. The van der Waals surface area contributed by atoms with Gasteiger partial charge in [0.1, 0.15) is 0 Å². The van der Waals surface area contributed by atoms with Crippen molar-refractivity contribution in [3.63, 3.8) is 0 Å². The van der Waals surface area contributed by atoms with E-state index in [9.17, 15) is 0 Å². The zero-order valence-electron chi connectivity index (χ0n) is 14.1. The van der Waals surface area contributed by atoms with Gasteiger partial charge in [-0.3, -0.25) is 9.80 Å². The van der Waals surface area contributed by atoms with Gasteiger partial charge in [0.25, 0.3) is 0 Å². The van der Waals surface area contributed by atoms with Gasteiger partial charge in [0.05, 0.1) is 14.2 Å². The molecule has 0 radical (unpaired) electrons. The van der Waals surface area contributed by atoms with Crippen LogP contribution in [0.2, 0.25) is 0 Å². The molecule has 1 unspecified atom stereocenters. The highest BCUT2D eigenvalue weighted by Crippen LogP contribution is 2.32. The summed E-state index contributed by atoms with van der Waals surface area (Å²) >= 11 is 0. The van der Waals surface area contributed by atoms with Gasteiger partial charge in [-0.1, -0.05) is 12.1 Å². The van der Waals surface area contributed by atoms with Gasteiger partial charge in [0.15, 0.2) is 11.5 Å². The quantitative estimate of drug-likeness (QED) is 0.880. The Labute approximate surface area is 145 Å². The normalized spacial score (nSPS) is 22.6. The molecule has 1 aromatic carbocycles. The maximum atomic E-state index is 5.55. The molecule has 0 amide bonds. The molecule has 0 saturated carbocycles. The molecule has 1 N–H and O–H groups in total. The molecule has 3 rings (SSSR count). The van der Waals surface area contributed by atoms with Gasteiger partial charge in [-0.2, -0.15) is 0 Å². The van der Waals surface area contributed by atoms with Crippen molar-refractivity contribution in [2.45, 2.75) is 19.0 Å². The number of likely N-dealkylation sites (tertiary alicyclic amines) is 1. The molecule has 2 aliphatic rings. The van der Waals surface area contributed by atoms with Gasteiger partial charge >= 0.3 is 0 Å². The Kier molecular flexibility index (Phi) is 6.96. The van der Waals surface area contributed by atoms with Gasteiger partial charge in [-0.15, -0.1) is 12.4 Å². The van der Waals surface area contributed by atoms with Gasteiger partial charge in [0, 0.05) is 57.4 Å². The van der Waals surface area contributed by atoms with Gasteiger partial charge in [0.2, 0.25) is 0 Å². The Hall–Kier alpha value is -1.01. The van der Waals surface area contributed by atoms with Crippen LogP contribution in [0.5, 0.6) is 11.5 Å². The third kappa shape index (κ3) is 4.29. The number of benzene rings is 1. The fourth-order valence-electron chi connectivity index (χ4n) is 3.62. The second-order valence-corrected chi connectivity index (χ2v) is 6.12. The number of ether oxygens (including phenoxy) is 2. The van der Waals surface area contributed by atoms with Crippen molar-refractivity contribution in [2.75, 3.05) is 53.5 Å². The van der Waals surface area contributed by atoms with Gasteiger partial charge in [-0.25, -0.2) is 0 Å². The third-order valence-electron chi connectivity index (χ3n) is 4.79. The summed E-state index contributed by atoms with van der Waals surface area (Å²) in [6.45, 7) is 7.86. The van der Waals surface area contributed by atoms with Crippen molar-refractivity contribution in [1.82, 2.24) is 15.1 Å². The lowest BCUT2D eigenvalue weighted by molar-refractivity contribution is 0.170. The number of para-hydroxylation sites is 1. The first-order chi connectivity index (χ1) is 10.8. The summed E-state index contributed by atoms with van der Waals surface area (Å²) in [6, 6.07) is 6.84. The van der Waals surface area contributed by atoms with Crippen LogP contribution in [0, 0.1) is 0 Å². The standard InChI is InChI=1S/C17H27N3O2.ClH/c1-21-16-5-3-4-14(17(16)22-2)12-19-9-6-15(13-19)20-10-7-18-8-11-20;/h3-5,15,18H,6-13H2,1-2H3;1H. The molecule has 0 spiro atoms. The summed E-state index contributed by atoms with van der Waals surface area (Å²) in [5.74, 6) is 1.69. The van der Waals surface area contributed by atoms with Crippen LogP contribution in [-0.4, -0.2) is 69.3 Å². The molecule has 2 fully saturated rings. The molecule has 0 bridgehead atoms. The van der Waals surface area contributed by atoms with Gasteiger partial charge < -0.3 is 14.8 Å². The lowest BCUT2D eigenvalue weighted by Gasteiger charge is -2.32. The molecule has 5 nitrogen and oxygen atoms in total. The number of methoxy groups -OCH3 is 2. The molecule has 2 aliphatic heterocycles. The number of hydrogen-bond donors (Lipinski definition) is 1. The molecule has 0 aromatic heterocycles. The van der Waals surface area contributed by atoms with E-state index in [-0.39, 0.29) is 12.4 Å². The molecule has 1 atom stereocenters. The van der Waals surface area contributed by atoms with E-state index >= 15 is 0 Å². The largest absolute Gasteiger partial charge is 0.493 e. The topological polar surface area (TPSA) is 37.0 Å². The van der Waals surface area contributed by atoms with Crippen LogP contribution < -0.4 is 14.8 Å². The Morgan fingerprint density at radius 2 is 1.91 bits per heavy atom. The minimum atomic E-state index is 0. The van der Waals surface area contributed by atoms with Crippen LogP contribution in [0.15, 0.2) is 18.2 Å². The molecular weight excluding hydrogens is 314 g/mol. The van der Waals surface area contributed by atoms with Crippen molar-refractivity contribution in [1.29, 1.82) is 0 Å². The average molecular weight is 342 g/mol. The van der Waals surface area contributed by atoms with Crippen molar-refractivity contribution < 1.29 is 9.47 Å². The molecule has 2 heterocycles. The molecular formula is C17H28ClN3O2. The number of nitrogens with one attached hydrogen (secondary N) is 1. The predicted octanol–water partition coefficient (Wildman–Crippen LogP) is 1.61. The minimum Gasteiger partial charge on any atom is -0.493 e. The van der Waals surface area contributed by atoms with Crippen molar-refractivity contribution in [3.8, 4) is 11.5 Å². The highest BCUT2D eigenvalue weighted by Gasteiger charge is 2.28. The Morgan fingerprint density at radius 3 is 2.61 bits per heavy atom. The van der Waals surface area contributed by atoms with Crippen LogP contribution in [0.3, 0.4) is 0 Å². The van der Waals surface area contributed by atoms with Crippen molar-refractivity contribution in [2.24, 2.45) is 0 Å². The summed E-state index contributed by atoms with van der Waals surface area (Å²) in [6.07, 6.45) is 1.27. The van der Waals surface area contributed by atoms with Crippen LogP contribution >= 0.6 is 12.4 Å². The van der Waals surface area contributed by atoms with E-state index in [1.807, 2.05) is 12.1 Å². The summed E-state index contributed by atoms with van der Waals surface area (Å²) in [4.78, 5) is 5.17.